The van der Waals surface area contributed by atoms with Crippen LogP contribution in [0.1, 0.15) is 41.4 Å². The van der Waals surface area contributed by atoms with Gasteiger partial charge in [0.1, 0.15) is 5.75 Å². The molecule has 6 nitrogen and oxygen atoms in total. The van der Waals surface area contributed by atoms with Crippen LogP contribution in [0.2, 0.25) is 0 Å². The van der Waals surface area contributed by atoms with Crippen molar-refractivity contribution in [3.8, 4) is 5.75 Å². The number of hydrogen-bond acceptors (Lipinski definition) is 5. The second kappa shape index (κ2) is 6.74. The molecule has 1 N–H and O–H groups in total. The zero-order valence-corrected chi connectivity index (χ0v) is 15.1. The van der Waals surface area contributed by atoms with Crippen molar-refractivity contribution >= 4 is 5.69 Å². The predicted molar refractivity (Wildman–Crippen MR) is 104 cm³/mol. The molecule has 3 unspecified atom stereocenters. The average Bonchev–Trinajstić information content (AvgIpc) is 3.20. The molecule has 0 saturated carbocycles. The topological polar surface area (TPSA) is 67.6 Å². The van der Waals surface area contributed by atoms with Gasteiger partial charge in [0.25, 0.3) is 5.69 Å². The van der Waals surface area contributed by atoms with Gasteiger partial charge in [-0.2, -0.15) is 5.01 Å². The first-order valence-corrected chi connectivity index (χ1v) is 9.30. The Bertz CT molecular complexity index is 1020. The Hall–Kier alpha value is -3.22. The highest BCUT2D eigenvalue weighted by atomic mass is 16.6. The minimum absolute atomic E-state index is 0.0651. The summed E-state index contributed by atoms with van der Waals surface area (Å²) in [4.78, 5) is 10.9. The van der Waals surface area contributed by atoms with Crippen LogP contribution < -0.4 is 10.2 Å². The van der Waals surface area contributed by atoms with E-state index in [0.29, 0.717) is 0 Å². The molecule has 5 rings (SSSR count). The zero-order valence-electron chi connectivity index (χ0n) is 15.1. The Morgan fingerprint density at radius 3 is 2.54 bits per heavy atom. The second-order valence-corrected chi connectivity index (χ2v) is 7.11. The minimum atomic E-state index is -0.437. The van der Waals surface area contributed by atoms with E-state index < -0.39 is 6.23 Å². The van der Waals surface area contributed by atoms with Crippen molar-refractivity contribution < 1.29 is 9.66 Å². The maximum atomic E-state index is 11.2. The van der Waals surface area contributed by atoms with Crippen LogP contribution in [0.4, 0.5) is 5.69 Å². The van der Waals surface area contributed by atoms with Crippen LogP contribution in [0.5, 0.6) is 5.75 Å². The van der Waals surface area contributed by atoms with Gasteiger partial charge >= 0.3 is 0 Å². The van der Waals surface area contributed by atoms with Crippen LogP contribution in [-0.4, -0.2) is 9.93 Å². The first-order valence-electron chi connectivity index (χ1n) is 9.30. The number of nitrogens with zero attached hydrogens (tertiary/aromatic N) is 2. The number of hydrogen-bond donors (Lipinski definition) is 1. The molecule has 1 fully saturated rings. The maximum Gasteiger partial charge on any atom is 0.269 e. The van der Waals surface area contributed by atoms with Crippen molar-refractivity contribution in [2.75, 3.05) is 0 Å². The van der Waals surface area contributed by atoms with Crippen LogP contribution in [0, 0.1) is 10.1 Å². The molecule has 0 spiro atoms. The van der Waals surface area contributed by atoms with E-state index in [1.54, 1.807) is 12.1 Å². The van der Waals surface area contributed by atoms with Gasteiger partial charge in [0.2, 0.25) is 0 Å². The third-order valence-corrected chi connectivity index (χ3v) is 5.44. The van der Waals surface area contributed by atoms with Gasteiger partial charge in [0, 0.05) is 29.3 Å². The Morgan fingerprint density at radius 2 is 1.71 bits per heavy atom. The Kier molecular flexibility index (Phi) is 4.07. The van der Waals surface area contributed by atoms with Gasteiger partial charge in [-0.25, -0.2) is 5.43 Å². The molecule has 3 aromatic carbocycles. The lowest BCUT2D eigenvalue weighted by atomic mass is 9.95. The maximum absolute atomic E-state index is 11.2. The summed E-state index contributed by atoms with van der Waals surface area (Å²) in [5.74, 6) is 0.829. The van der Waals surface area contributed by atoms with Gasteiger partial charge in [-0.15, -0.1) is 0 Å². The van der Waals surface area contributed by atoms with E-state index in [9.17, 15) is 10.1 Å². The van der Waals surface area contributed by atoms with Crippen LogP contribution in [-0.2, 0) is 0 Å². The molecule has 140 valence electrons. The molecular weight excluding hydrogens is 354 g/mol. The Labute approximate surface area is 162 Å². The summed E-state index contributed by atoms with van der Waals surface area (Å²) in [5, 5.41) is 13.3. The van der Waals surface area contributed by atoms with Crippen molar-refractivity contribution in [3.63, 3.8) is 0 Å². The molecular formula is C22H19N3O3. The molecule has 0 bridgehead atoms. The number of benzene rings is 3. The predicted octanol–water partition coefficient (Wildman–Crippen LogP) is 4.68. The van der Waals surface area contributed by atoms with E-state index in [0.717, 1.165) is 23.3 Å². The number of nitro benzene ring substituents is 1. The fraction of sp³-hybridized carbons (Fsp3) is 0.182. The van der Waals surface area contributed by atoms with Crippen LogP contribution in [0.3, 0.4) is 0 Å². The van der Waals surface area contributed by atoms with E-state index in [1.165, 1.54) is 11.6 Å². The molecule has 0 aliphatic carbocycles. The van der Waals surface area contributed by atoms with Crippen LogP contribution in [0.15, 0.2) is 78.9 Å². The number of nitro groups is 1. The van der Waals surface area contributed by atoms with Gasteiger partial charge < -0.3 is 4.74 Å². The molecule has 1 saturated heterocycles. The SMILES string of the molecule is O=[N+]([O-])c1cccc(C2Oc3ccccc3C3CC(c4ccccc4)NN32)c1. The number of ether oxygens (including phenoxy) is 1. The summed E-state index contributed by atoms with van der Waals surface area (Å²) in [6.07, 6.45) is 0.462. The number of fused-ring (bicyclic) bond motifs is 3. The quantitative estimate of drug-likeness (QED) is 0.533. The lowest BCUT2D eigenvalue weighted by molar-refractivity contribution is -0.385. The highest BCUT2D eigenvalue weighted by Crippen LogP contribution is 2.48. The third kappa shape index (κ3) is 2.83. The summed E-state index contributed by atoms with van der Waals surface area (Å²) >= 11 is 0. The van der Waals surface area contributed by atoms with Gasteiger partial charge in [0.15, 0.2) is 6.23 Å². The van der Waals surface area contributed by atoms with Gasteiger partial charge in [0.05, 0.1) is 11.0 Å². The molecule has 0 aromatic heterocycles. The minimum Gasteiger partial charge on any atom is -0.469 e. The van der Waals surface area contributed by atoms with Crippen molar-refractivity contribution in [1.29, 1.82) is 0 Å². The summed E-state index contributed by atoms with van der Waals surface area (Å²) < 4.78 is 6.29. The number of para-hydroxylation sites is 1. The molecule has 0 amide bonds. The first kappa shape index (κ1) is 16.9. The van der Waals surface area contributed by atoms with Gasteiger partial charge in [-0.3, -0.25) is 10.1 Å². The van der Waals surface area contributed by atoms with Crippen LogP contribution >= 0.6 is 0 Å². The number of rotatable bonds is 3. The van der Waals surface area contributed by atoms with Crippen molar-refractivity contribution in [1.82, 2.24) is 10.4 Å². The Morgan fingerprint density at radius 1 is 0.964 bits per heavy atom. The second-order valence-electron chi connectivity index (χ2n) is 7.11. The molecule has 28 heavy (non-hydrogen) atoms. The zero-order chi connectivity index (χ0) is 19.1. The molecule has 2 aliphatic rings. The molecule has 3 aromatic rings. The van der Waals surface area contributed by atoms with Gasteiger partial charge in [-0.1, -0.05) is 60.7 Å². The molecule has 6 heteroatoms. The normalized spacial score (nSPS) is 23.5. The monoisotopic (exact) mass is 373 g/mol. The fourth-order valence-corrected chi connectivity index (χ4v) is 4.12. The number of non-ortho nitro benzene ring substituents is 1. The third-order valence-electron chi connectivity index (χ3n) is 5.44. The van der Waals surface area contributed by atoms with E-state index in [2.05, 4.69) is 28.6 Å². The average molecular weight is 373 g/mol. The van der Waals surface area contributed by atoms with Crippen molar-refractivity contribution in [2.45, 2.75) is 24.7 Å². The highest BCUT2D eigenvalue weighted by Gasteiger charge is 2.44. The summed E-state index contributed by atoms with van der Waals surface area (Å²) in [5.41, 5.74) is 6.76. The summed E-state index contributed by atoms with van der Waals surface area (Å²) in [7, 11) is 0. The van der Waals surface area contributed by atoms with E-state index in [-0.39, 0.29) is 22.7 Å². The number of hydrazine groups is 1. The van der Waals surface area contributed by atoms with Crippen molar-refractivity contribution in [3.05, 3.63) is 106 Å². The molecule has 2 aliphatic heterocycles. The van der Waals surface area contributed by atoms with Crippen LogP contribution in [0.25, 0.3) is 0 Å². The summed E-state index contributed by atoms with van der Waals surface area (Å²) in [6, 6.07) is 25.3. The van der Waals surface area contributed by atoms with E-state index in [4.69, 9.17) is 4.74 Å². The first-order chi connectivity index (χ1) is 13.7. The highest BCUT2D eigenvalue weighted by molar-refractivity contribution is 5.42. The smallest absolute Gasteiger partial charge is 0.269 e. The van der Waals surface area contributed by atoms with E-state index >= 15 is 0 Å². The van der Waals surface area contributed by atoms with Gasteiger partial charge in [-0.05, 0) is 18.1 Å². The number of nitrogens with one attached hydrogen (secondary N) is 1. The molecule has 3 atom stereocenters. The van der Waals surface area contributed by atoms with Crippen molar-refractivity contribution in [2.24, 2.45) is 0 Å². The largest absolute Gasteiger partial charge is 0.469 e. The molecule has 0 radical (unpaired) electrons. The summed E-state index contributed by atoms with van der Waals surface area (Å²) in [6.45, 7) is 0. The standard InChI is InChI=1S/C22H19N3O3/c26-25(27)17-10-6-9-16(13-17)22-24-20(18-11-4-5-12-21(18)28-22)14-19(23-24)15-7-2-1-3-8-15/h1-13,19-20,22-23H,14H2. The van der Waals surface area contributed by atoms with E-state index in [1.807, 2.05) is 42.5 Å². The lowest BCUT2D eigenvalue weighted by Gasteiger charge is -2.38. The Balaban J connectivity index is 1.56. The lowest BCUT2D eigenvalue weighted by Crippen LogP contribution is -2.42. The molecule has 2 heterocycles. The fourth-order valence-electron chi connectivity index (χ4n) is 4.12.